The maximum Gasteiger partial charge on any atom is 0.0653 e. The average Bonchev–Trinajstić information content (AvgIpc) is 2.17. The van der Waals surface area contributed by atoms with E-state index in [1.165, 1.54) is 18.4 Å². The second-order valence-electron chi connectivity index (χ2n) is 4.84. The molecule has 1 aliphatic carbocycles. The third-order valence-electron chi connectivity index (χ3n) is 3.24. The molecule has 0 saturated heterocycles. The van der Waals surface area contributed by atoms with Gasteiger partial charge in [0, 0.05) is 5.92 Å². The lowest BCUT2D eigenvalue weighted by Crippen LogP contribution is -2.34. The minimum atomic E-state index is -0.152. The Morgan fingerprint density at radius 3 is 2.67 bits per heavy atom. The zero-order valence-electron chi connectivity index (χ0n) is 10.2. The number of hydrogen-bond donors (Lipinski definition) is 1. The molecule has 1 saturated carbocycles. The van der Waals surface area contributed by atoms with Gasteiger partial charge in [0.2, 0.25) is 0 Å². The van der Waals surface area contributed by atoms with Crippen molar-refractivity contribution in [3.05, 3.63) is 11.6 Å². The predicted molar refractivity (Wildman–Crippen MR) is 62.8 cm³/mol. The van der Waals surface area contributed by atoms with Gasteiger partial charge in [-0.05, 0) is 33.6 Å². The summed E-state index contributed by atoms with van der Waals surface area (Å²) >= 11 is 0. The van der Waals surface area contributed by atoms with Crippen molar-refractivity contribution in [2.24, 2.45) is 5.92 Å². The zero-order chi connectivity index (χ0) is 11.3. The lowest BCUT2D eigenvalue weighted by molar-refractivity contribution is -0.0357. The number of ether oxygens (including phenoxy) is 1. The second kappa shape index (κ2) is 6.29. The topological polar surface area (TPSA) is 29.5 Å². The second-order valence-corrected chi connectivity index (χ2v) is 4.84. The fourth-order valence-corrected chi connectivity index (χ4v) is 2.18. The Labute approximate surface area is 93.3 Å². The Morgan fingerprint density at radius 2 is 2.07 bits per heavy atom. The maximum absolute atomic E-state index is 9.85. The van der Waals surface area contributed by atoms with Crippen LogP contribution in [-0.2, 0) is 4.74 Å². The van der Waals surface area contributed by atoms with Crippen molar-refractivity contribution in [3.63, 3.8) is 0 Å². The molecule has 1 fully saturated rings. The van der Waals surface area contributed by atoms with Crippen molar-refractivity contribution >= 4 is 0 Å². The van der Waals surface area contributed by atoms with Gasteiger partial charge in [-0.3, -0.25) is 0 Å². The van der Waals surface area contributed by atoms with E-state index in [1.807, 2.05) is 0 Å². The number of aliphatic hydroxyl groups excluding tert-OH is 1. The van der Waals surface area contributed by atoms with Crippen LogP contribution in [0, 0.1) is 5.92 Å². The van der Waals surface area contributed by atoms with Crippen molar-refractivity contribution in [3.8, 4) is 0 Å². The van der Waals surface area contributed by atoms with Crippen LogP contribution in [0.3, 0.4) is 0 Å². The summed E-state index contributed by atoms with van der Waals surface area (Å²) in [5, 5.41) is 9.85. The van der Waals surface area contributed by atoms with Gasteiger partial charge in [0.15, 0.2) is 0 Å². The smallest absolute Gasteiger partial charge is 0.0653 e. The summed E-state index contributed by atoms with van der Waals surface area (Å²) in [6, 6.07) is 0. The van der Waals surface area contributed by atoms with E-state index in [1.54, 1.807) is 0 Å². The molecule has 0 aromatic heterocycles. The molecule has 3 atom stereocenters. The number of aliphatic hydroxyl groups is 1. The average molecular weight is 212 g/mol. The van der Waals surface area contributed by atoms with Gasteiger partial charge in [0.05, 0.1) is 18.8 Å². The molecule has 1 rings (SSSR count). The molecule has 0 radical (unpaired) electrons. The maximum atomic E-state index is 9.85. The van der Waals surface area contributed by atoms with Crippen LogP contribution in [0.4, 0.5) is 0 Å². The number of hydrogen-bond acceptors (Lipinski definition) is 2. The van der Waals surface area contributed by atoms with Crippen LogP contribution in [0.5, 0.6) is 0 Å². The standard InChI is InChI=1S/C13H24O2/c1-10(2)8-9-15-11(3)12-6-4-5-7-13(12)14/h8,11-14H,4-7,9H2,1-3H3. The summed E-state index contributed by atoms with van der Waals surface area (Å²) < 4.78 is 5.73. The molecular weight excluding hydrogens is 188 g/mol. The van der Waals surface area contributed by atoms with Crippen LogP contribution in [0.2, 0.25) is 0 Å². The number of rotatable bonds is 4. The SMILES string of the molecule is CC(C)=CCOC(C)C1CCCCC1O. The van der Waals surface area contributed by atoms with Crippen LogP contribution in [0.15, 0.2) is 11.6 Å². The molecule has 0 aromatic carbocycles. The van der Waals surface area contributed by atoms with Gasteiger partial charge < -0.3 is 9.84 Å². The Kier molecular flexibility index (Phi) is 5.34. The van der Waals surface area contributed by atoms with Crippen LogP contribution in [0.25, 0.3) is 0 Å². The van der Waals surface area contributed by atoms with E-state index in [-0.39, 0.29) is 12.2 Å². The Balaban J connectivity index is 2.31. The molecule has 0 aromatic rings. The highest BCUT2D eigenvalue weighted by molar-refractivity contribution is 4.93. The fourth-order valence-electron chi connectivity index (χ4n) is 2.18. The largest absolute Gasteiger partial charge is 0.393 e. The quantitative estimate of drug-likeness (QED) is 0.726. The summed E-state index contributed by atoms with van der Waals surface area (Å²) in [4.78, 5) is 0. The minimum Gasteiger partial charge on any atom is -0.393 e. The van der Waals surface area contributed by atoms with Crippen LogP contribution in [0.1, 0.15) is 46.5 Å². The van der Waals surface area contributed by atoms with E-state index < -0.39 is 0 Å². The van der Waals surface area contributed by atoms with Crippen molar-refractivity contribution in [2.75, 3.05) is 6.61 Å². The Hall–Kier alpha value is -0.340. The van der Waals surface area contributed by atoms with E-state index in [9.17, 15) is 5.11 Å². The van der Waals surface area contributed by atoms with Gasteiger partial charge in [0.1, 0.15) is 0 Å². The van der Waals surface area contributed by atoms with Crippen LogP contribution in [-0.4, -0.2) is 23.9 Å². The van der Waals surface area contributed by atoms with E-state index in [2.05, 4.69) is 26.8 Å². The fraction of sp³-hybridized carbons (Fsp3) is 0.846. The van der Waals surface area contributed by atoms with E-state index in [4.69, 9.17) is 4.74 Å². The summed E-state index contributed by atoms with van der Waals surface area (Å²) in [7, 11) is 0. The van der Waals surface area contributed by atoms with E-state index in [0.29, 0.717) is 12.5 Å². The Bertz CT molecular complexity index is 207. The van der Waals surface area contributed by atoms with Gasteiger partial charge in [-0.1, -0.05) is 24.5 Å². The summed E-state index contributed by atoms with van der Waals surface area (Å²) in [5.74, 6) is 0.337. The molecule has 88 valence electrons. The minimum absolute atomic E-state index is 0.152. The molecule has 3 unspecified atom stereocenters. The highest BCUT2D eigenvalue weighted by Gasteiger charge is 2.28. The van der Waals surface area contributed by atoms with Crippen molar-refractivity contribution in [2.45, 2.75) is 58.7 Å². The lowest BCUT2D eigenvalue weighted by atomic mass is 9.83. The molecule has 0 bridgehead atoms. The molecule has 0 amide bonds. The first-order chi connectivity index (χ1) is 7.11. The van der Waals surface area contributed by atoms with Gasteiger partial charge >= 0.3 is 0 Å². The first kappa shape index (κ1) is 12.7. The molecule has 2 heteroatoms. The van der Waals surface area contributed by atoms with Crippen LogP contribution >= 0.6 is 0 Å². The lowest BCUT2D eigenvalue weighted by Gasteiger charge is -2.32. The normalized spacial score (nSPS) is 28.5. The molecule has 0 aliphatic heterocycles. The molecule has 15 heavy (non-hydrogen) atoms. The molecular formula is C13H24O2. The summed E-state index contributed by atoms with van der Waals surface area (Å²) in [6.45, 7) is 6.90. The molecule has 2 nitrogen and oxygen atoms in total. The third-order valence-corrected chi connectivity index (χ3v) is 3.24. The van der Waals surface area contributed by atoms with Crippen LogP contribution < -0.4 is 0 Å². The summed E-state index contributed by atoms with van der Waals surface area (Å²) in [6.07, 6.45) is 6.57. The van der Waals surface area contributed by atoms with E-state index in [0.717, 1.165) is 12.8 Å². The van der Waals surface area contributed by atoms with E-state index >= 15 is 0 Å². The molecule has 1 aliphatic rings. The zero-order valence-corrected chi connectivity index (χ0v) is 10.2. The Morgan fingerprint density at radius 1 is 1.40 bits per heavy atom. The first-order valence-corrected chi connectivity index (χ1v) is 6.04. The third kappa shape index (κ3) is 4.35. The van der Waals surface area contributed by atoms with Gasteiger partial charge in [0.25, 0.3) is 0 Å². The molecule has 0 heterocycles. The monoisotopic (exact) mass is 212 g/mol. The highest BCUT2D eigenvalue weighted by Crippen LogP contribution is 2.28. The first-order valence-electron chi connectivity index (χ1n) is 6.04. The van der Waals surface area contributed by atoms with Crippen molar-refractivity contribution < 1.29 is 9.84 Å². The van der Waals surface area contributed by atoms with Crippen molar-refractivity contribution in [1.82, 2.24) is 0 Å². The van der Waals surface area contributed by atoms with Gasteiger partial charge in [-0.15, -0.1) is 0 Å². The molecule has 0 spiro atoms. The summed E-state index contributed by atoms with van der Waals surface area (Å²) in [5.41, 5.74) is 1.28. The van der Waals surface area contributed by atoms with Gasteiger partial charge in [-0.2, -0.15) is 0 Å². The molecule has 1 N–H and O–H groups in total. The predicted octanol–water partition coefficient (Wildman–Crippen LogP) is 2.91. The van der Waals surface area contributed by atoms with Crippen molar-refractivity contribution in [1.29, 1.82) is 0 Å². The highest BCUT2D eigenvalue weighted by atomic mass is 16.5. The number of allylic oxidation sites excluding steroid dienone is 1. The van der Waals surface area contributed by atoms with Gasteiger partial charge in [-0.25, -0.2) is 0 Å².